The lowest BCUT2D eigenvalue weighted by molar-refractivity contribution is -0.137. The topological polar surface area (TPSA) is 49.4 Å². The minimum Gasteiger partial charge on any atom is -0.305 e. The molecule has 1 saturated carbocycles. The zero-order valence-corrected chi connectivity index (χ0v) is 12.4. The Bertz CT molecular complexity index is 359. The van der Waals surface area contributed by atoms with Crippen LogP contribution in [0.15, 0.2) is 0 Å². The van der Waals surface area contributed by atoms with Crippen LogP contribution in [-0.2, 0) is 9.59 Å². The van der Waals surface area contributed by atoms with Crippen LogP contribution in [0.4, 0.5) is 0 Å². The minimum atomic E-state index is -0.290. The molecule has 0 bridgehead atoms. The number of nitrogens with one attached hydrogen (secondary N) is 1. The number of hydrogen-bond donors (Lipinski definition) is 1. The van der Waals surface area contributed by atoms with Crippen molar-refractivity contribution in [3.05, 3.63) is 0 Å². The Labute approximate surface area is 115 Å². The van der Waals surface area contributed by atoms with Crippen LogP contribution in [0.1, 0.15) is 52.4 Å². The number of likely N-dealkylation sites (N-methyl/N-ethyl adjacent to an activating group) is 1. The Morgan fingerprint density at radius 3 is 2.42 bits per heavy atom. The van der Waals surface area contributed by atoms with Crippen molar-refractivity contribution < 1.29 is 9.59 Å². The van der Waals surface area contributed by atoms with E-state index < -0.39 is 0 Å². The van der Waals surface area contributed by atoms with E-state index in [-0.39, 0.29) is 17.9 Å². The molecular weight excluding hydrogens is 240 g/mol. The summed E-state index contributed by atoms with van der Waals surface area (Å²) in [4.78, 5) is 24.7. The SMILES string of the molecule is CC(C)CC1(CNC2CC(=O)N(C)C2=O)CCCC1. The van der Waals surface area contributed by atoms with E-state index >= 15 is 0 Å². The van der Waals surface area contributed by atoms with Crippen LogP contribution in [-0.4, -0.2) is 36.3 Å². The highest BCUT2D eigenvalue weighted by molar-refractivity contribution is 6.05. The third-order valence-corrected chi connectivity index (χ3v) is 4.61. The number of nitrogens with zero attached hydrogens (tertiary/aromatic N) is 1. The summed E-state index contributed by atoms with van der Waals surface area (Å²) in [5.74, 6) is 0.554. The van der Waals surface area contributed by atoms with Gasteiger partial charge in [0.05, 0.1) is 12.5 Å². The Balaban J connectivity index is 1.93. The number of imide groups is 1. The molecule has 1 aliphatic carbocycles. The van der Waals surface area contributed by atoms with Crippen molar-refractivity contribution in [1.82, 2.24) is 10.2 Å². The van der Waals surface area contributed by atoms with Crippen molar-refractivity contribution in [2.24, 2.45) is 11.3 Å². The molecule has 4 heteroatoms. The van der Waals surface area contributed by atoms with Gasteiger partial charge < -0.3 is 5.32 Å². The zero-order valence-electron chi connectivity index (χ0n) is 12.4. The van der Waals surface area contributed by atoms with Crippen LogP contribution in [0.5, 0.6) is 0 Å². The Morgan fingerprint density at radius 1 is 1.32 bits per heavy atom. The van der Waals surface area contributed by atoms with Gasteiger partial charge in [0.25, 0.3) is 0 Å². The second-order valence-corrected chi connectivity index (χ2v) is 6.73. The highest BCUT2D eigenvalue weighted by Gasteiger charge is 2.39. The molecule has 0 aromatic carbocycles. The van der Waals surface area contributed by atoms with Crippen LogP contribution >= 0.6 is 0 Å². The first kappa shape index (κ1) is 14.5. The number of rotatable bonds is 5. The van der Waals surface area contributed by atoms with Crippen molar-refractivity contribution >= 4 is 11.8 Å². The summed E-state index contributed by atoms with van der Waals surface area (Å²) in [5.41, 5.74) is 0.346. The van der Waals surface area contributed by atoms with E-state index in [0.29, 0.717) is 17.8 Å². The maximum atomic E-state index is 11.9. The van der Waals surface area contributed by atoms with Gasteiger partial charge in [-0.25, -0.2) is 0 Å². The highest BCUT2D eigenvalue weighted by Crippen LogP contribution is 2.42. The molecule has 4 nitrogen and oxygen atoms in total. The van der Waals surface area contributed by atoms with Gasteiger partial charge in [0.15, 0.2) is 0 Å². The number of hydrogen-bond acceptors (Lipinski definition) is 3. The van der Waals surface area contributed by atoms with Crippen molar-refractivity contribution in [1.29, 1.82) is 0 Å². The molecule has 19 heavy (non-hydrogen) atoms. The summed E-state index contributed by atoms with van der Waals surface area (Å²) in [6, 6.07) is -0.290. The average Bonchev–Trinajstić information content (AvgIpc) is 2.88. The second kappa shape index (κ2) is 5.61. The molecule has 1 saturated heterocycles. The number of carbonyl (C=O) groups excluding carboxylic acids is 2. The van der Waals surface area contributed by atoms with Gasteiger partial charge >= 0.3 is 0 Å². The first-order valence-electron chi connectivity index (χ1n) is 7.47. The second-order valence-electron chi connectivity index (χ2n) is 6.73. The summed E-state index contributed by atoms with van der Waals surface area (Å²) in [5, 5.41) is 3.37. The third-order valence-electron chi connectivity index (χ3n) is 4.61. The van der Waals surface area contributed by atoms with Crippen LogP contribution in [0.3, 0.4) is 0 Å². The maximum absolute atomic E-state index is 11.9. The fourth-order valence-electron chi connectivity index (χ4n) is 3.70. The highest BCUT2D eigenvalue weighted by atomic mass is 16.2. The quantitative estimate of drug-likeness (QED) is 0.774. The van der Waals surface area contributed by atoms with E-state index in [1.165, 1.54) is 37.0 Å². The lowest BCUT2D eigenvalue weighted by Crippen LogP contribution is -2.43. The first-order chi connectivity index (χ1) is 8.93. The van der Waals surface area contributed by atoms with Crippen molar-refractivity contribution in [2.75, 3.05) is 13.6 Å². The van der Waals surface area contributed by atoms with Crippen LogP contribution in [0, 0.1) is 11.3 Å². The molecule has 0 spiro atoms. The summed E-state index contributed by atoms with van der Waals surface area (Å²) in [7, 11) is 1.58. The molecule has 2 rings (SSSR count). The standard InChI is InChI=1S/C15H26N2O2/c1-11(2)9-15(6-4-5-7-15)10-16-12-8-13(18)17(3)14(12)19/h11-12,16H,4-10H2,1-3H3. The molecule has 0 aromatic rings. The number of amides is 2. The van der Waals surface area contributed by atoms with Crippen molar-refractivity contribution in [3.8, 4) is 0 Å². The third kappa shape index (κ3) is 3.16. The van der Waals surface area contributed by atoms with Gasteiger partial charge in [-0.3, -0.25) is 14.5 Å². The van der Waals surface area contributed by atoms with E-state index in [1.807, 2.05) is 0 Å². The monoisotopic (exact) mass is 266 g/mol. The fraction of sp³-hybridized carbons (Fsp3) is 0.867. The summed E-state index contributed by atoms with van der Waals surface area (Å²) >= 11 is 0. The van der Waals surface area contributed by atoms with Crippen LogP contribution in [0.2, 0.25) is 0 Å². The molecule has 2 aliphatic rings. The van der Waals surface area contributed by atoms with Gasteiger partial charge in [0, 0.05) is 13.6 Å². The van der Waals surface area contributed by atoms with E-state index in [4.69, 9.17) is 0 Å². The van der Waals surface area contributed by atoms with E-state index in [9.17, 15) is 9.59 Å². The zero-order chi connectivity index (χ0) is 14.0. The van der Waals surface area contributed by atoms with Gasteiger partial charge in [0.2, 0.25) is 11.8 Å². The van der Waals surface area contributed by atoms with Crippen molar-refractivity contribution in [3.63, 3.8) is 0 Å². The fourth-order valence-corrected chi connectivity index (χ4v) is 3.70. The van der Waals surface area contributed by atoms with Gasteiger partial charge in [-0.15, -0.1) is 0 Å². The first-order valence-corrected chi connectivity index (χ1v) is 7.47. The maximum Gasteiger partial charge on any atom is 0.246 e. The minimum absolute atomic E-state index is 0.0631. The number of likely N-dealkylation sites (tertiary alicyclic amines) is 1. The van der Waals surface area contributed by atoms with Gasteiger partial charge in [-0.1, -0.05) is 26.7 Å². The Morgan fingerprint density at radius 2 is 1.95 bits per heavy atom. The Hall–Kier alpha value is -0.900. The molecule has 1 atom stereocenters. The van der Waals surface area contributed by atoms with Crippen LogP contribution in [0.25, 0.3) is 0 Å². The lowest BCUT2D eigenvalue weighted by atomic mass is 9.78. The molecule has 1 aliphatic heterocycles. The Kier molecular flexibility index (Phi) is 4.29. The molecule has 0 aromatic heterocycles. The molecule has 0 radical (unpaired) electrons. The van der Waals surface area contributed by atoms with E-state index in [0.717, 1.165) is 6.54 Å². The normalized spacial score (nSPS) is 26.7. The molecule has 108 valence electrons. The smallest absolute Gasteiger partial charge is 0.246 e. The molecule has 1 heterocycles. The lowest BCUT2D eigenvalue weighted by Gasteiger charge is -2.32. The largest absolute Gasteiger partial charge is 0.305 e. The number of carbonyl (C=O) groups is 2. The molecule has 1 N–H and O–H groups in total. The van der Waals surface area contributed by atoms with Crippen LogP contribution < -0.4 is 5.32 Å². The summed E-state index contributed by atoms with van der Waals surface area (Å²) in [6.07, 6.45) is 6.64. The molecular formula is C15H26N2O2. The summed E-state index contributed by atoms with van der Waals surface area (Å²) in [6.45, 7) is 5.40. The van der Waals surface area contributed by atoms with Crippen molar-refractivity contribution in [2.45, 2.75) is 58.4 Å². The average molecular weight is 266 g/mol. The van der Waals surface area contributed by atoms with E-state index in [1.54, 1.807) is 7.05 Å². The van der Waals surface area contributed by atoms with E-state index in [2.05, 4.69) is 19.2 Å². The molecule has 1 unspecified atom stereocenters. The predicted octanol–water partition coefficient (Wildman–Crippen LogP) is 1.94. The summed E-state index contributed by atoms with van der Waals surface area (Å²) < 4.78 is 0. The molecule has 2 fully saturated rings. The predicted molar refractivity (Wildman–Crippen MR) is 74.5 cm³/mol. The van der Waals surface area contributed by atoms with Gasteiger partial charge in [0.1, 0.15) is 0 Å². The van der Waals surface area contributed by atoms with Gasteiger partial charge in [-0.05, 0) is 30.6 Å². The van der Waals surface area contributed by atoms with Gasteiger partial charge in [-0.2, -0.15) is 0 Å². The molecule has 2 amide bonds.